The molecule has 120 valence electrons. The molecule has 1 fully saturated rings. The van der Waals surface area contributed by atoms with Crippen molar-refractivity contribution in [2.24, 2.45) is 0 Å². The first-order chi connectivity index (χ1) is 10.2. The van der Waals surface area contributed by atoms with Crippen LogP contribution in [-0.2, 0) is 9.31 Å². The fraction of sp³-hybridized carbons (Fsp3) is 0.500. The van der Waals surface area contributed by atoms with Gasteiger partial charge in [-0.15, -0.1) is 0 Å². The van der Waals surface area contributed by atoms with Crippen LogP contribution in [0, 0.1) is 0 Å². The lowest BCUT2D eigenvalue weighted by molar-refractivity contribution is 0.00578. The molecule has 0 atom stereocenters. The van der Waals surface area contributed by atoms with Gasteiger partial charge in [0.2, 0.25) is 0 Å². The Hall–Kier alpha value is -0.515. The van der Waals surface area contributed by atoms with Crippen molar-refractivity contribution < 1.29 is 9.31 Å². The van der Waals surface area contributed by atoms with E-state index >= 15 is 0 Å². The number of halogens is 2. The standard InChI is InChI=1S/C16H22BCl2NO2/c1-15(2)16(3,4)22-17(21-15)12(10-20-5)8-11-9-13(18)6-7-14(11)19/h6-9,20H,10H2,1-5H3. The summed E-state index contributed by atoms with van der Waals surface area (Å²) < 4.78 is 12.2. The van der Waals surface area contributed by atoms with Gasteiger partial charge in [0.15, 0.2) is 0 Å². The van der Waals surface area contributed by atoms with E-state index in [4.69, 9.17) is 32.5 Å². The molecule has 0 aromatic heterocycles. The van der Waals surface area contributed by atoms with E-state index in [1.54, 1.807) is 12.1 Å². The van der Waals surface area contributed by atoms with Gasteiger partial charge in [-0.2, -0.15) is 0 Å². The third kappa shape index (κ3) is 3.69. The van der Waals surface area contributed by atoms with Crippen LogP contribution in [0.2, 0.25) is 10.0 Å². The van der Waals surface area contributed by atoms with Gasteiger partial charge in [-0.05, 0) is 64.0 Å². The molecule has 2 rings (SSSR count). The quantitative estimate of drug-likeness (QED) is 0.831. The fourth-order valence-corrected chi connectivity index (χ4v) is 2.58. The van der Waals surface area contributed by atoms with Gasteiger partial charge in [0.05, 0.1) is 11.2 Å². The number of nitrogens with one attached hydrogen (secondary N) is 1. The molecule has 6 heteroatoms. The van der Waals surface area contributed by atoms with E-state index in [1.807, 2.05) is 46.9 Å². The molecular weight excluding hydrogens is 320 g/mol. The van der Waals surface area contributed by atoms with Crippen molar-refractivity contribution in [3.8, 4) is 0 Å². The van der Waals surface area contributed by atoms with Crippen molar-refractivity contribution in [3.05, 3.63) is 39.3 Å². The molecule has 0 aliphatic carbocycles. The van der Waals surface area contributed by atoms with Gasteiger partial charge in [0.1, 0.15) is 0 Å². The first kappa shape index (κ1) is 17.8. The molecule has 1 N–H and O–H groups in total. The Morgan fingerprint density at radius 1 is 1.18 bits per heavy atom. The normalized spacial score (nSPS) is 20.5. The largest absolute Gasteiger partial charge is 0.491 e. The van der Waals surface area contributed by atoms with Gasteiger partial charge < -0.3 is 14.6 Å². The Balaban J connectivity index is 2.35. The van der Waals surface area contributed by atoms with E-state index < -0.39 is 7.12 Å². The highest BCUT2D eigenvalue weighted by Crippen LogP contribution is 2.39. The molecule has 3 nitrogen and oxygen atoms in total. The summed E-state index contributed by atoms with van der Waals surface area (Å²) in [5, 5.41) is 4.44. The second kappa shape index (κ2) is 6.54. The summed E-state index contributed by atoms with van der Waals surface area (Å²) in [5.74, 6) is 0. The van der Waals surface area contributed by atoms with Crippen LogP contribution in [-0.4, -0.2) is 31.9 Å². The van der Waals surface area contributed by atoms with E-state index in [9.17, 15) is 0 Å². The maximum atomic E-state index is 6.25. The van der Waals surface area contributed by atoms with Crippen LogP contribution in [0.4, 0.5) is 0 Å². The predicted molar refractivity (Wildman–Crippen MR) is 94.4 cm³/mol. The Labute approximate surface area is 143 Å². The third-order valence-corrected chi connectivity index (χ3v) is 4.82. The highest BCUT2D eigenvalue weighted by molar-refractivity contribution is 6.56. The molecule has 0 bridgehead atoms. The van der Waals surface area contributed by atoms with Gasteiger partial charge in [-0.1, -0.05) is 29.3 Å². The van der Waals surface area contributed by atoms with Crippen LogP contribution in [0.3, 0.4) is 0 Å². The van der Waals surface area contributed by atoms with E-state index in [0.717, 1.165) is 11.0 Å². The summed E-state index contributed by atoms with van der Waals surface area (Å²) in [6, 6.07) is 5.40. The fourth-order valence-electron chi connectivity index (χ4n) is 2.23. The van der Waals surface area contributed by atoms with E-state index in [-0.39, 0.29) is 11.2 Å². The van der Waals surface area contributed by atoms with Crippen molar-refractivity contribution in [3.63, 3.8) is 0 Å². The van der Waals surface area contributed by atoms with Gasteiger partial charge in [-0.3, -0.25) is 0 Å². The second-order valence-corrected chi connectivity index (χ2v) is 7.35. The molecular formula is C16H22BCl2NO2. The summed E-state index contributed by atoms with van der Waals surface area (Å²) in [4.78, 5) is 0. The van der Waals surface area contributed by atoms with Crippen molar-refractivity contribution in [2.75, 3.05) is 13.6 Å². The zero-order chi connectivity index (χ0) is 16.5. The van der Waals surface area contributed by atoms with Crippen molar-refractivity contribution >= 4 is 36.4 Å². The number of hydrogen-bond acceptors (Lipinski definition) is 3. The predicted octanol–water partition coefficient (Wildman–Crippen LogP) is 4.23. The zero-order valence-electron chi connectivity index (χ0n) is 13.7. The summed E-state index contributed by atoms with van der Waals surface area (Å²) in [7, 11) is 1.48. The highest BCUT2D eigenvalue weighted by Gasteiger charge is 2.52. The summed E-state index contributed by atoms with van der Waals surface area (Å²) in [6.07, 6.45) is 1.98. The monoisotopic (exact) mass is 341 g/mol. The SMILES string of the molecule is CNCC(=Cc1cc(Cl)ccc1Cl)B1OC(C)(C)C(C)(C)O1. The van der Waals surface area contributed by atoms with Crippen LogP contribution >= 0.6 is 23.2 Å². The summed E-state index contributed by atoms with van der Waals surface area (Å²) >= 11 is 12.3. The van der Waals surface area contributed by atoms with Crippen LogP contribution in [0.25, 0.3) is 6.08 Å². The molecule has 0 radical (unpaired) electrons. The molecule has 1 aliphatic heterocycles. The molecule has 1 saturated heterocycles. The number of likely N-dealkylation sites (N-methyl/N-ethyl adjacent to an activating group) is 1. The van der Waals surface area contributed by atoms with Crippen LogP contribution in [0.1, 0.15) is 33.3 Å². The molecule has 0 saturated carbocycles. The lowest BCUT2D eigenvalue weighted by atomic mass is 9.77. The second-order valence-electron chi connectivity index (χ2n) is 6.50. The van der Waals surface area contributed by atoms with Gasteiger partial charge >= 0.3 is 7.12 Å². The van der Waals surface area contributed by atoms with Gasteiger partial charge in [0, 0.05) is 16.6 Å². The third-order valence-electron chi connectivity index (χ3n) is 4.24. The van der Waals surface area contributed by atoms with E-state index in [0.29, 0.717) is 16.6 Å². The first-order valence-electron chi connectivity index (χ1n) is 7.32. The average Bonchev–Trinajstić information content (AvgIpc) is 2.62. The molecule has 22 heavy (non-hydrogen) atoms. The number of rotatable bonds is 4. The number of hydrogen-bond donors (Lipinski definition) is 1. The molecule has 1 aliphatic rings. The minimum atomic E-state index is -0.410. The maximum Gasteiger partial charge on any atom is 0.491 e. The molecule has 1 heterocycles. The van der Waals surface area contributed by atoms with Gasteiger partial charge in [0.25, 0.3) is 0 Å². The topological polar surface area (TPSA) is 30.5 Å². The molecule has 0 amide bonds. The zero-order valence-corrected chi connectivity index (χ0v) is 15.2. The Morgan fingerprint density at radius 2 is 1.77 bits per heavy atom. The van der Waals surface area contributed by atoms with Gasteiger partial charge in [-0.25, -0.2) is 0 Å². The Bertz CT molecular complexity index is 572. The van der Waals surface area contributed by atoms with E-state index in [1.165, 1.54) is 0 Å². The van der Waals surface area contributed by atoms with E-state index in [2.05, 4.69) is 5.32 Å². The molecule has 0 unspecified atom stereocenters. The van der Waals surface area contributed by atoms with Crippen molar-refractivity contribution in [2.45, 2.75) is 38.9 Å². The lowest BCUT2D eigenvalue weighted by Gasteiger charge is -2.32. The number of benzene rings is 1. The molecule has 0 spiro atoms. The van der Waals surface area contributed by atoms with Crippen LogP contribution in [0.5, 0.6) is 0 Å². The first-order valence-corrected chi connectivity index (χ1v) is 8.07. The van der Waals surface area contributed by atoms with Crippen molar-refractivity contribution in [1.29, 1.82) is 0 Å². The minimum absolute atomic E-state index is 0.372. The molecule has 1 aromatic carbocycles. The lowest BCUT2D eigenvalue weighted by Crippen LogP contribution is -2.41. The Morgan fingerprint density at radius 3 is 2.32 bits per heavy atom. The maximum absolute atomic E-state index is 6.25. The highest BCUT2D eigenvalue weighted by atomic mass is 35.5. The smallest absolute Gasteiger partial charge is 0.400 e. The molecule has 1 aromatic rings. The van der Waals surface area contributed by atoms with Crippen LogP contribution in [0.15, 0.2) is 23.7 Å². The summed E-state index contributed by atoms with van der Waals surface area (Å²) in [5.41, 5.74) is 1.09. The Kier molecular flexibility index (Phi) is 5.30. The summed E-state index contributed by atoms with van der Waals surface area (Å²) in [6.45, 7) is 8.79. The van der Waals surface area contributed by atoms with Crippen molar-refractivity contribution in [1.82, 2.24) is 5.32 Å². The van der Waals surface area contributed by atoms with Crippen LogP contribution < -0.4 is 5.32 Å². The average molecular weight is 342 g/mol. The minimum Gasteiger partial charge on any atom is -0.400 e.